The summed E-state index contributed by atoms with van der Waals surface area (Å²) in [5.74, 6) is -1.24. The lowest BCUT2D eigenvalue weighted by atomic mass is 9.97. The molecule has 0 spiro atoms. The van der Waals surface area contributed by atoms with E-state index in [1.165, 1.54) is 19.3 Å². The van der Waals surface area contributed by atoms with Gasteiger partial charge >= 0.3 is 5.97 Å². The zero-order valence-electron chi connectivity index (χ0n) is 13.6. The number of halogens is 3. The summed E-state index contributed by atoms with van der Waals surface area (Å²) in [6.07, 6.45) is 7.68. The summed E-state index contributed by atoms with van der Waals surface area (Å²) >= 11 is 17.5. The predicted molar refractivity (Wildman–Crippen MR) is 98.2 cm³/mol. The number of amides is 1. The van der Waals surface area contributed by atoms with E-state index in [0.29, 0.717) is 0 Å². The molecule has 2 rings (SSSR count). The fourth-order valence-electron chi connectivity index (χ4n) is 2.74. The Hall–Kier alpha value is -1.24. The minimum atomic E-state index is -0.886. The van der Waals surface area contributed by atoms with Crippen LogP contribution in [-0.4, -0.2) is 29.5 Å². The summed E-state index contributed by atoms with van der Waals surface area (Å²) < 4.78 is 4.96. The van der Waals surface area contributed by atoms with Crippen LogP contribution in [-0.2, 0) is 9.53 Å². The van der Waals surface area contributed by atoms with Crippen molar-refractivity contribution in [1.82, 2.24) is 10.3 Å². The van der Waals surface area contributed by atoms with Crippen molar-refractivity contribution in [3.05, 3.63) is 20.9 Å². The number of nitrogen functional groups attached to an aromatic ring is 1. The van der Waals surface area contributed by atoms with Crippen LogP contribution in [0.3, 0.4) is 0 Å². The zero-order chi connectivity index (χ0) is 18.4. The van der Waals surface area contributed by atoms with E-state index in [-0.39, 0.29) is 38.5 Å². The Morgan fingerprint density at radius 2 is 1.68 bits per heavy atom. The number of nitrogens with two attached hydrogens (primary N) is 1. The third-order valence-corrected chi connectivity index (χ3v) is 5.21. The fourth-order valence-corrected chi connectivity index (χ4v) is 3.32. The molecule has 25 heavy (non-hydrogen) atoms. The maximum absolute atomic E-state index is 12.1. The Balaban J connectivity index is 1.90. The van der Waals surface area contributed by atoms with Gasteiger partial charge < -0.3 is 15.8 Å². The van der Waals surface area contributed by atoms with E-state index in [4.69, 9.17) is 45.3 Å². The third-order valence-electron chi connectivity index (χ3n) is 4.07. The number of carbonyl (C=O) groups is 2. The number of hydrogen-bond acceptors (Lipinski definition) is 5. The quantitative estimate of drug-likeness (QED) is 0.580. The first kappa shape index (κ1) is 20.1. The molecule has 1 fully saturated rings. The van der Waals surface area contributed by atoms with Gasteiger partial charge in [0.2, 0.25) is 0 Å². The number of carbonyl (C=O) groups excluding carboxylic acids is 2. The van der Waals surface area contributed by atoms with Crippen LogP contribution >= 0.6 is 34.8 Å². The molecule has 0 unspecified atom stereocenters. The Morgan fingerprint density at radius 3 is 2.32 bits per heavy atom. The second-order valence-electron chi connectivity index (χ2n) is 5.98. The van der Waals surface area contributed by atoms with Gasteiger partial charge in [-0.1, -0.05) is 66.9 Å². The predicted octanol–water partition coefficient (Wildman–Crippen LogP) is 4.01. The number of ether oxygens (including phenoxy) is 1. The molecule has 138 valence electrons. The standard InChI is InChI=1S/C16H20Cl3N3O3/c17-11-13(20)12(18)15(19)22-14(11)16(24)25-8-10(23)21-9-6-4-2-1-3-5-7-9/h9H,1-8H2,(H2,20,22)(H,21,23). The molecule has 1 heterocycles. The Bertz CT molecular complexity index is 647. The lowest BCUT2D eigenvalue weighted by molar-refractivity contribution is -0.125. The number of rotatable bonds is 4. The third kappa shape index (κ3) is 5.62. The van der Waals surface area contributed by atoms with E-state index in [0.717, 1.165) is 25.7 Å². The SMILES string of the molecule is Nc1c(Cl)c(Cl)nc(C(=O)OCC(=O)NC2CCCCCCC2)c1Cl. The minimum Gasteiger partial charge on any atom is -0.451 e. The van der Waals surface area contributed by atoms with Crippen molar-refractivity contribution in [2.24, 2.45) is 0 Å². The van der Waals surface area contributed by atoms with Gasteiger partial charge in [0.05, 0.1) is 10.7 Å². The Labute approximate surface area is 161 Å². The van der Waals surface area contributed by atoms with Gasteiger partial charge in [0.15, 0.2) is 17.5 Å². The van der Waals surface area contributed by atoms with Crippen molar-refractivity contribution >= 4 is 52.4 Å². The van der Waals surface area contributed by atoms with Gasteiger partial charge in [-0.05, 0) is 12.8 Å². The van der Waals surface area contributed by atoms with Gasteiger partial charge in [0, 0.05) is 6.04 Å². The van der Waals surface area contributed by atoms with Gasteiger partial charge in [-0.2, -0.15) is 0 Å². The average molecular weight is 409 g/mol. The molecule has 1 aromatic heterocycles. The minimum absolute atomic E-state index is 0.0368. The van der Waals surface area contributed by atoms with Crippen LogP contribution in [0.25, 0.3) is 0 Å². The summed E-state index contributed by atoms with van der Waals surface area (Å²) in [4.78, 5) is 27.8. The molecule has 1 aliphatic carbocycles. The van der Waals surface area contributed by atoms with E-state index in [9.17, 15) is 9.59 Å². The van der Waals surface area contributed by atoms with Crippen molar-refractivity contribution in [2.45, 2.75) is 51.0 Å². The maximum Gasteiger partial charge on any atom is 0.359 e. The lowest BCUT2D eigenvalue weighted by Gasteiger charge is -2.20. The van der Waals surface area contributed by atoms with E-state index in [1.807, 2.05) is 0 Å². The van der Waals surface area contributed by atoms with Crippen molar-refractivity contribution in [3.8, 4) is 0 Å². The first-order chi connectivity index (χ1) is 11.9. The first-order valence-corrected chi connectivity index (χ1v) is 9.30. The van der Waals surface area contributed by atoms with E-state index in [2.05, 4.69) is 10.3 Å². The summed E-state index contributed by atoms with van der Waals surface area (Å²) in [5, 5.41) is 2.55. The van der Waals surface area contributed by atoms with Gasteiger partial charge in [-0.3, -0.25) is 4.79 Å². The smallest absolute Gasteiger partial charge is 0.359 e. The van der Waals surface area contributed by atoms with Crippen molar-refractivity contribution < 1.29 is 14.3 Å². The molecule has 0 atom stereocenters. The highest BCUT2D eigenvalue weighted by Crippen LogP contribution is 2.34. The van der Waals surface area contributed by atoms with Crippen LogP contribution < -0.4 is 11.1 Å². The number of nitrogens with one attached hydrogen (secondary N) is 1. The number of esters is 1. The second kappa shape index (κ2) is 9.46. The zero-order valence-corrected chi connectivity index (χ0v) is 15.9. The van der Waals surface area contributed by atoms with Crippen LogP contribution in [0.2, 0.25) is 15.2 Å². The second-order valence-corrected chi connectivity index (χ2v) is 7.09. The Morgan fingerprint density at radius 1 is 1.08 bits per heavy atom. The molecule has 0 aliphatic heterocycles. The first-order valence-electron chi connectivity index (χ1n) is 8.16. The highest BCUT2D eigenvalue weighted by molar-refractivity contribution is 6.46. The number of aromatic nitrogens is 1. The summed E-state index contributed by atoms with van der Waals surface area (Å²) in [6.45, 7) is -0.423. The molecule has 1 saturated carbocycles. The highest BCUT2D eigenvalue weighted by Gasteiger charge is 2.22. The maximum atomic E-state index is 12.1. The molecule has 6 nitrogen and oxygen atoms in total. The summed E-state index contributed by atoms with van der Waals surface area (Å²) in [6, 6.07) is 0.119. The van der Waals surface area contributed by atoms with Crippen LogP contribution in [0.5, 0.6) is 0 Å². The monoisotopic (exact) mass is 407 g/mol. The molecule has 1 aromatic rings. The largest absolute Gasteiger partial charge is 0.451 e. The number of nitrogens with zero attached hydrogens (tertiary/aromatic N) is 1. The molecule has 0 bridgehead atoms. The van der Waals surface area contributed by atoms with Crippen molar-refractivity contribution in [2.75, 3.05) is 12.3 Å². The van der Waals surface area contributed by atoms with E-state index < -0.39 is 12.6 Å². The molecule has 0 saturated heterocycles. The van der Waals surface area contributed by atoms with Crippen LogP contribution in [0.4, 0.5) is 5.69 Å². The molecule has 0 aromatic carbocycles. The number of hydrogen-bond donors (Lipinski definition) is 2. The molecular formula is C16H20Cl3N3O3. The van der Waals surface area contributed by atoms with Crippen LogP contribution in [0, 0.1) is 0 Å². The molecule has 1 amide bonds. The van der Waals surface area contributed by atoms with Gasteiger partial charge in [-0.15, -0.1) is 0 Å². The molecule has 3 N–H and O–H groups in total. The van der Waals surface area contributed by atoms with Crippen molar-refractivity contribution in [3.63, 3.8) is 0 Å². The topological polar surface area (TPSA) is 94.3 Å². The van der Waals surface area contributed by atoms with Crippen LogP contribution in [0.1, 0.15) is 55.4 Å². The average Bonchev–Trinajstić information content (AvgIpc) is 2.56. The molecule has 0 radical (unpaired) electrons. The van der Waals surface area contributed by atoms with Gasteiger partial charge in [0.1, 0.15) is 5.02 Å². The summed E-state index contributed by atoms with van der Waals surface area (Å²) in [7, 11) is 0. The molecule has 1 aliphatic rings. The highest BCUT2D eigenvalue weighted by atomic mass is 35.5. The van der Waals surface area contributed by atoms with Crippen molar-refractivity contribution in [1.29, 1.82) is 0 Å². The number of pyridine rings is 1. The Kier molecular flexibility index (Phi) is 7.59. The summed E-state index contributed by atoms with van der Waals surface area (Å²) in [5.41, 5.74) is 5.32. The van der Waals surface area contributed by atoms with E-state index >= 15 is 0 Å². The van der Waals surface area contributed by atoms with E-state index in [1.54, 1.807) is 0 Å². The molecular weight excluding hydrogens is 389 g/mol. The fraction of sp³-hybridized carbons (Fsp3) is 0.562. The number of anilines is 1. The molecule has 9 heteroatoms. The normalized spacial score (nSPS) is 16.0. The van der Waals surface area contributed by atoms with Crippen LogP contribution in [0.15, 0.2) is 0 Å². The van der Waals surface area contributed by atoms with Gasteiger partial charge in [0.25, 0.3) is 5.91 Å². The lowest BCUT2D eigenvalue weighted by Crippen LogP contribution is -2.38. The van der Waals surface area contributed by atoms with Gasteiger partial charge in [-0.25, -0.2) is 9.78 Å².